The largest absolute Gasteiger partial charge is 0.372 e. The molecule has 0 saturated heterocycles. The molecule has 3 heteroatoms. The maximum Gasteiger partial charge on any atom is 0.0963 e. The molecule has 2 aliphatic rings. The van der Waals surface area contributed by atoms with Gasteiger partial charge in [0.15, 0.2) is 0 Å². The molecule has 0 amide bonds. The van der Waals surface area contributed by atoms with E-state index in [9.17, 15) is 0 Å². The molecule has 0 bridgehead atoms. The molecule has 1 atom stereocenters. The van der Waals surface area contributed by atoms with Crippen molar-refractivity contribution in [3.8, 4) is 0 Å². The van der Waals surface area contributed by atoms with Crippen LogP contribution in [-0.2, 0) is 4.74 Å². The number of hydrogen-bond donors (Lipinski definition) is 1. The van der Waals surface area contributed by atoms with Gasteiger partial charge in [0.1, 0.15) is 0 Å². The molecule has 2 saturated carbocycles. The minimum absolute atomic E-state index is 0.0879. The van der Waals surface area contributed by atoms with Crippen molar-refractivity contribution < 1.29 is 4.74 Å². The minimum Gasteiger partial charge on any atom is -0.372 e. The van der Waals surface area contributed by atoms with Gasteiger partial charge in [-0.15, -0.1) is 0 Å². The van der Waals surface area contributed by atoms with Gasteiger partial charge in [-0.3, -0.25) is 0 Å². The second kappa shape index (κ2) is 6.93. The lowest BCUT2D eigenvalue weighted by Crippen LogP contribution is -2.26. The molecule has 0 spiro atoms. The van der Waals surface area contributed by atoms with Crippen molar-refractivity contribution >= 4 is 11.6 Å². The van der Waals surface area contributed by atoms with Crippen LogP contribution in [0.4, 0.5) is 0 Å². The van der Waals surface area contributed by atoms with E-state index in [2.05, 4.69) is 11.4 Å². The van der Waals surface area contributed by atoms with Crippen LogP contribution in [0.5, 0.6) is 0 Å². The van der Waals surface area contributed by atoms with Crippen LogP contribution in [0.2, 0.25) is 5.02 Å². The van der Waals surface area contributed by atoms with Crippen molar-refractivity contribution in [2.45, 2.75) is 50.7 Å². The molecule has 110 valence electrons. The van der Waals surface area contributed by atoms with Gasteiger partial charge in [0.2, 0.25) is 0 Å². The predicted octanol–water partition coefficient (Wildman–Crippen LogP) is 4.34. The Morgan fingerprint density at radius 3 is 2.60 bits per heavy atom. The van der Waals surface area contributed by atoms with Crippen LogP contribution < -0.4 is 5.32 Å². The van der Waals surface area contributed by atoms with Crippen molar-refractivity contribution in [2.24, 2.45) is 5.92 Å². The van der Waals surface area contributed by atoms with Gasteiger partial charge < -0.3 is 10.1 Å². The first-order valence-corrected chi connectivity index (χ1v) is 8.30. The Labute approximate surface area is 126 Å². The Morgan fingerprint density at radius 1 is 1.15 bits per heavy atom. The van der Waals surface area contributed by atoms with E-state index in [1.165, 1.54) is 38.5 Å². The lowest BCUT2D eigenvalue weighted by molar-refractivity contribution is 0.0293. The number of nitrogens with one attached hydrogen (secondary N) is 1. The van der Waals surface area contributed by atoms with Gasteiger partial charge in [-0.2, -0.15) is 0 Å². The Bertz CT molecular complexity index is 427. The second-order valence-corrected chi connectivity index (χ2v) is 6.58. The molecule has 2 aliphatic carbocycles. The zero-order valence-electron chi connectivity index (χ0n) is 12.0. The van der Waals surface area contributed by atoms with Crippen LogP contribution in [-0.4, -0.2) is 19.2 Å². The smallest absolute Gasteiger partial charge is 0.0963 e. The van der Waals surface area contributed by atoms with Crippen molar-refractivity contribution in [3.63, 3.8) is 0 Å². The highest BCUT2D eigenvalue weighted by Gasteiger charge is 2.24. The van der Waals surface area contributed by atoms with Crippen LogP contribution >= 0.6 is 11.6 Å². The highest BCUT2D eigenvalue weighted by atomic mass is 35.5. The van der Waals surface area contributed by atoms with Gasteiger partial charge in [-0.1, -0.05) is 42.6 Å². The van der Waals surface area contributed by atoms with Crippen molar-refractivity contribution in [1.82, 2.24) is 5.32 Å². The molecule has 0 radical (unpaired) electrons. The average Bonchev–Trinajstić information content (AvgIpc) is 3.14. The van der Waals surface area contributed by atoms with E-state index in [0.29, 0.717) is 6.04 Å². The number of rotatable bonds is 7. The maximum atomic E-state index is 6.34. The van der Waals surface area contributed by atoms with E-state index in [1.807, 2.05) is 18.2 Å². The molecular formula is C17H24ClNO. The lowest BCUT2D eigenvalue weighted by Gasteiger charge is -2.22. The molecule has 0 aliphatic heterocycles. The van der Waals surface area contributed by atoms with Gasteiger partial charge in [-0.05, 0) is 37.7 Å². The zero-order valence-corrected chi connectivity index (χ0v) is 12.7. The quantitative estimate of drug-likeness (QED) is 0.807. The summed E-state index contributed by atoms with van der Waals surface area (Å²) in [4.78, 5) is 0. The first-order valence-electron chi connectivity index (χ1n) is 7.92. The summed E-state index contributed by atoms with van der Waals surface area (Å²) in [5, 5.41) is 4.39. The third-order valence-corrected chi connectivity index (χ3v) is 4.77. The van der Waals surface area contributed by atoms with Crippen molar-refractivity contribution in [3.05, 3.63) is 34.9 Å². The average molecular weight is 294 g/mol. The van der Waals surface area contributed by atoms with Crippen LogP contribution in [0, 0.1) is 5.92 Å². The first-order chi connectivity index (χ1) is 9.83. The van der Waals surface area contributed by atoms with Crippen LogP contribution in [0.25, 0.3) is 0 Å². The Balaban J connectivity index is 1.60. The normalized spacial score (nSPS) is 21.2. The van der Waals surface area contributed by atoms with E-state index in [-0.39, 0.29) is 6.10 Å². The lowest BCUT2D eigenvalue weighted by atomic mass is 10.1. The monoisotopic (exact) mass is 293 g/mol. The van der Waals surface area contributed by atoms with E-state index < -0.39 is 0 Å². The molecule has 2 fully saturated rings. The Hall–Kier alpha value is -0.570. The first kappa shape index (κ1) is 14.4. The van der Waals surface area contributed by atoms with Gasteiger partial charge in [0.05, 0.1) is 12.7 Å². The maximum absolute atomic E-state index is 6.34. The molecule has 1 N–H and O–H groups in total. The summed E-state index contributed by atoms with van der Waals surface area (Å²) in [7, 11) is 0. The fourth-order valence-electron chi connectivity index (χ4n) is 2.99. The fourth-order valence-corrected chi connectivity index (χ4v) is 3.24. The standard InChI is InChI=1S/C17H24ClNO/c18-16-8-4-3-7-15(16)17(11-19-14-9-10-14)20-12-13-5-1-2-6-13/h3-4,7-8,13-14,17,19H,1-2,5-6,9-12H2. The molecule has 3 rings (SSSR count). The van der Waals surface area contributed by atoms with Crippen LogP contribution in [0.15, 0.2) is 24.3 Å². The van der Waals surface area contributed by atoms with E-state index in [1.54, 1.807) is 0 Å². The van der Waals surface area contributed by atoms with Crippen molar-refractivity contribution in [1.29, 1.82) is 0 Å². The third kappa shape index (κ3) is 3.97. The van der Waals surface area contributed by atoms with Gasteiger partial charge in [0.25, 0.3) is 0 Å². The van der Waals surface area contributed by atoms with Gasteiger partial charge in [0, 0.05) is 23.2 Å². The summed E-state index contributed by atoms with van der Waals surface area (Å²) in [5.41, 5.74) is 1.13. The summed E-state index contributed by atoms with van der Waals surface area (Å²) in [6.45, 7) is 1.75. The highest BCUT2D eigenvalue weighted by Crippen LogP contribution is 2.30. The molecule has 1 aromatic rings. The number of halogens is 1. The van der Waals surface area contributed by atoms with Crippen LogP contribution in [0.3, 0.4) is 0 Å². The topological polar surface area (TPSA) is 21.3 Å². The van der Waals surface area contributed by atoms with E-state index >= 15 is 0 Å². The van der Waals surface area contributed by atoms with Crippen LogP contribution in [0.1, 0.15) is 50.2 Å². The Kier molecular flexibility index (Phi) is 4.98. The fraction of sp³-hybridized carbons (Fsp3) is 0.647. The molecule has 2 nitrogen and oxygen atoms in total. The van der Waals surface area contributed by atoms with E-state index in [0.717, 1.165) is 29.7 Å². The van der Waals surface area contributed by atoms with E-state index in [4.69, 9.17) is 16.3 Å². The van der Waals surface area contributed by atoms with Gasteiger partial charge in [-0.25, -0.2) is 0 Å². The zero-order chi connectivity index (χ0) is 13.8. The van der Waals surface area contributed by atoms with Crippen molar-refractivity contribution in [2.75, 3.05) is 13.2 Å². The molecule has 0 aromatic heterocycles. The summed E-state index contributed by atoms with van der Waals surface area (Å²) in [6.07, 6.45) is 8.08. The molecule has 1 aromatic carbocycles. The summed E-state index contributed by atoms with van der Waals surface area (Å²) in [6, 6.07) is 8.78. The molecular weight excluding hydrogens is 270 g/mol. The van der Waals surface area contributed by atoms with Gasteiger partial charge >= 0.3 is 0 Å². The number of ether oxygens (including phenoxy) is 1. The minimum atomic E-state index is 0.0879. The number of benzene rings is 1. The molecule has 20 heavy (non-hydrogen) atoms. The summed E-state index contributed by atoms with van der Waals surface area (Å²) >= 11 is 6.34. The number of hydrogen-bond acceptors (Lipinski definition) is 2. The molecule has 1 unspecified atom stereocenters. The molecule has 0 heterocycles. The second-order valence-electron chi connectivity index (χ2n) is 6.18. The Morgan fingerprint density at radius 2 is 1.90 bits per heavy atom. The SMILES string of the molecule is Clc1ccccc1C(CNC1CC1)OCC1CCCC1. The predicted molar refractivity (Wildman–Crippen MR) is 83.1 cm³/mol. The summed E-state index contributed by atoms with van der Waals surface area (Å²) < 4.78 is 6.22. The highest BCUT2D eigenvalue weighted by molar-refractivity contribution is 6.31. The summed E-state index contributed by atoms with van der Waals surface area (Å²) in [5.74, 6) is 0.751. The third-order valence-electron chi connectivity index (χ3n) is 4.43.